The molecular formula is C42H49N3O6S. The molecule has 0 radical (unpaired) electrons. The molecule has 9 nitrogen and oxygen atoms in total. The Hall–Kier alpha value is -4.67. The van der Waals surface area contributed by atoms with Crippen LogP contribution >= 0.6 is 11.8 Å². The fourth-order valence-corrected chi connectivity index (χ4v) is 8.72. The van der Waals surface area contributed by atoms with Crippen LogP contribution in [0.3, 0.4) is 0 Å². The quantitative estimate of drug-likeness (QED) is 0.123. The van der Waals surface area contributed by atoms with Gasteiger partial charge in [-0.05, 0) is 67.3 Å². The zero-order chi connectivity index (χ0) is 36.5. The van der Waals surface area contributed by atoms with Crippen molar-refractivity contribution >= 4 is 29.3 Å². The number of anilines is 1. The average molecular weight is 724 g/mol. The van der Waals surface area contributed by atoms with Crippen molar-refractivity contribution in [2.45, 2.75) is 41.7 Å². The highest BCUT2D eigenvalue weighted by Crippen LogP contribution is 2.54. The van der Waals surface area contributed by atoms with Crippen LogP contribution < -0.4 is 23.8 Å². The van der Waals surface area contributed by atoms with Crippen molar-refractivity contribution in [3.63, 3.8) is 0 Å². The maximum atomic E-state index is 14.4. The van der Waals surface area contributed by atoms with Crippen molar-refractivity contribution in [3.8, 4) is 23.0 Å². The highest BCUT2D eigenvalue weighted by molar-refractivity contribution is 8.01. The molecule has 52 heavy (non-hydrogen) atoms. The van der Waals surface area contributed by atoms with E-state index >= 15 is 0 Å². The predicted molar refractivity (Wildman–Crippen MR) is 206 cm³/mol. The molecule has 4 aromatic carbocycles. The minimum absolute atomic E-state index is 0.0509. The fraction of sp³-hybridized carbons (Fsp3) is 0.381. The van der Waals surface area contributed by atoms with E-state index in [1.54, 1.807) is 38.0 Å². The summed E-state index contributed by atoms with van der Waals surface area (Å²) in [6, 6.07) is 30.2. The molecular weight excluding hydrogens is 675 g/mol. The first-order valence-corrected chi connectivity index (χ1v) is 18.8. The smallest absolute Gasteiger partial charge is 0.248 e. The number of fused-ring (bicyclic) bond motifs is 1. The van der Waals surface area contributed by atoms with Gasteiger partial charge in [0.1, 0.15) is 10.5 Å². The van der Waals surface area contributed by atoms with E-state index in [0.29, 0.717) is 43.1 Å². The van der Waals surface area contributed by atoms with Gasteiger partial charge in [0.2, 0.25) is 17.6 Å². The number of thioether (sulfide) groups is 1. The highest BCUT2D eigenvalue weighted by Gasteiger charge is 2.49. The number of hydrogen-bond acceptors (Lipinski definition) is 8. The third-order valence-electron chi connectivity index (χ3n) is 9.98. The lowest BCUT2D eigenvalue weighted by Crippen LogP contribution is -2.48. The summed E-state index contributed by atoms with van der Waals surface area (Å²) >= 11 is 1.63. The van der Waals surface area contributed by atoms with Crippen molar-refractivity contribution in [1.82, 2.24) is 9.80 Å². The summed E-state index contributed by atoms with van der Waals surface area (Å²) in [4.78, 5) is 34.7. The normalized spacial score (nSPS) is 17.4. The summed E-state index contributed by atoms with van der Waals surface area (Å²) in [6.07, 6.45) is 3.45. The molecule has 1 unspecified atom stereocenters. The van der Waals surface area contributed by atoms with Crippen molar-refractivity contribution in [2.24, 2.45) is 0 Å². The van der Waals surface area contributed by atoms with Crippen LogP contribution in [-0.4, -0.2) is 89.3 Å². The van der Waals surface area contributed by atoms with Crippen molar-refractivity contribution < 1.29 is 28.5 Å². The third kappa shape index (κ3) is 8.18. The summed E-state index contributed by atoms with van der Waals surface area (Å²) < 4.78 is 22.0. The summed E-state index contributed by atoms with van der Waals surface area (Å²) in [5.41, 5.74) is 3.91. The van der Waals surface area contributed by atoms with Crippen LogP contribution in [0.4, 0.5) is 5.69 Å². The topological polar surface area (TPSA) is 80.8 Å². The van der Waals surface area contributed by atoms with Gasteiger partial charge in [-0.15, -0.1) is 11.8 Å². The Morgan fingerprint density at radius 3 is 2.15 bits per heavy atom. The van der Waals surface area contributed by atoms with Crippen LogP contribution in [-0.2, 0) is 27.2 Å². The molecule has 2 aliphatic heterocycles. The SMILES string of the molecule is COc1cc(CCC(=O)N2CCN(CCCCOc3ccccc3C3(Cc4ccccc4)Sc4ccccc4N(C)C3=O)CC2)cc(OC)c1OC. The van der Waals surface area contributed by atoms with Crippen LogP contribution in [0.1, 0.15) is 36.0 Å². The number of methoxy groups -OCH3 is 3. The number of likely N-dealkylation sites (N-methyl/N-ethyl adjacent to an activating group) is 1. The number of amides is 2. The van der Waals surface area contributed by atoms with Gasteiger partial charge in [0, 0.05) is 56.5 Å². The zero-order valence-electron chi connectivity index (χ0n) is 30.6. The molecule has 6 rings (SSSR count). The molecule has 2 amide bonds. The molecule has 2 aliphatic rings. The number of aryl methyl sites for hydroxylation is 1. The number of rotatable bonds is 15. The van der Waals surface area contributed by atoms with Crippen LogP contribution in [0.25, 0.3) is 0 Å². The van der Waals surface area contributed by atoms with Crippen LogP contribution in [0.5, 0.6) is 23.0 Å². The molecule has 0 spiro atoms. The minimum Gasteiger partial charge on any atom is -0.493 e. The highest BCUT2D eigenvalue weighted by atomic mass is 32.2. The second-order valence-corrected chi connectivity index (χ2v) is 14.6. The van der Waals surface area contributed by atoms with E-state index in [9.17, 15) is 9.59 Å². The van der Waals surface area contributed by atoms with Crippen molar-refractivity contribution in [2.75, 3.05) is 72.6 Å². The Morgan fingerprint density at radius 2 is 1.44 bits per heavy atom. The minimum atomic E-state index is -0.869. The van der Waals surface area contributed by atoms with Crippen LogP contribution in [0, 0.1) is 0 Å². The van der Waals surface area contributed by atoms with Gasteiger partial charge in [-0.3, -0.25) is 14.5 Å². The first-order chi connectivity index (χ1) is 25.4. The Morgan fingerprint density at radius 1 is 0.769 bits per heavy atom. The number of benzene rings is 4. The number of nitrogens with zero attached hydrogens (tertiary/aromatic N) is 3. The number of ether oxygens (including phenoxy) is 4. The molecule has 10 heteroatoms. The van der Waals surface area contributed by atoms with Crippen molar-refractivity contribution in [3.05, 3.63) is 108 Å². The Kier molecular flexibility index (Phi) is 12.3. The molecule has 2 heterocycles. The van der Waals surface area contributed by atoms with Gasteiger partial charge in [-0.1, -0.05) is 60.7 Å². The standard InChI is InChI=1S/C42H49N3O6S/c1-43-34-17-9-11-19-38(34)52-42(41(43)47,30-31-14-6-5-7-15-31)33-16-8-10-18-35(33)51-27-13-12-22-44-23-25-45(26-24-44)39(46)21-20-32-28-36(48-2)40(50-4)37(29-32)49-3/h5-11,14-19,28-29H,12-13,20-27,30H2,1-4H3. The third-order valence-corrected chi connectivity index (χ3v) is 11.4. The first kappa shape index (κ1) is 37.1. The molecule has 0 aromatic heterocycles. The van der Waals surface area contributed by atoms with Crippen LogP contribution in [0.15, 0.2) is 95.9 Å². The number of hydrogen-bond donors (Lipinski definition) is 0. The lowest BCUT2D eigenvalue weighted by atomic mass is 9.88. The fourth-order valence-electron chi connectivity index (χ4n) is 7.15. The van der Waals surface area contributed by atoms with Gasteiger partial charge in [0.25, 0.3) is 0 Å². The first-order valence-electron chi connectivity index (χ1n) is 18.0. The van der Waals surface area contributed by atoms with Gasteiger partial charge < -0.3 is 28.7 Å². The lowest BCUT2D eigenvalue weighted by Gasteiger charge is -2.41. The lowest BCUT2D eigenvalue weighted by molar-refractivity contribution is -0.132. The Labute approximate surface area is 311 Å². The molecule has 0 N–H and O–H groups in total. The average Bonchev–Trinajstić information content (AvgIpc) is 3.19. The molecule has 274 valence electrons. The monoisotopic (exact) mass is 723 g/mol. The number of unbranched alkanes of at least 4 members (excludes halogenated alkanes) is 1. The molecule has 1 fully saturated rings. The van der Waals surface area contributed by atoms with E-state index in [1.165, 1.54) is 0 Å². The van der Waals surface area contributed by atoms with Gasteiger partial charge in [-0.2, -0.15) is 0 Å². The molecule has 0 bridgehead atoms. The predicted octanol–water partition coefficient (Wildman–Crippen LogP) is 6.86. The molecule has 1 saturated heterocycles. The van der Waals surface area contributed by atoms with Gasteiger partial charge in [0.15, 0.2) is 11.5 Å². The van der Waals surface area contributed by atoms with Crippen LogP contribution in [0.2, 0.25) is 0 Å². The maximum Gasteiger partial charge on any atom is 0.248 e. The van der Waals surface area contributed by atoms with E-state index in [2.05, 4.69) is 29.2 Å². The maximum absolute atomic E-state index is 14.4. The van der Waals surface area contributed by atoms with E-state index in [-0.39, 0.29) is 11.8 Å². The van der Waals surface area contributed by atoms with Gasteiger partial charge in [0.05, 0.1) is 33.6 Å². The summed E-state index contributed by atoms with van der Waals surface area (Å²) in [5, 5.41) is 0. The van der Waals surface area contributed by atoms with E-state index < -0.39 is 4.75 Å². The Bertz CT molecular complexity index is 1800. The van der Waals surface area contributed by atoms with Gasteiger partial charge >= 0.3 is 0 Å². The van der Waals surface area contributed by atoms with E-state index in [1.807, 2.05) is 78.7 Å². The molecule has 4 aromatic rings. The number of piperazine rings is 1. The Balaban J connectivity index is 1.01. The summed E-state index contributed by atoms with van der Waals surface area (Å²) in [7, 11) is 6.65. The van der Waals surface area contributed by atoms with E-state index in [0.717, 1.165) is 78.6 Å². The summed E-state index contributed by atoms with van der Waals surface area (Å²) in [6.45, 7) is 4.68. The molecule has 1 atom stereocenters. The second kappa shape index (κ2) is 17.2. The largest absolute Gasteiger partial charge is 0.493 e. The number of carbonyl (C=O) groups excluding carboxylic acids is 2. The number of para-hydroxylation sites is 2. The summed E-state index contributed by atoms with van der Waals surface area (Å²) in [5.74, 6) is 2.71. The van der Waals surface area contributed by atoms with Crippen molar-refractivity contribution in [1.29, 1.82) is 0 Å². The second-order valence-electron chi connectivity index (χ2n) is 13.2. The zero-order valence-corrected chi connectivity index (χ0v) is 31.5. The van der Waals surface area contributed by atoms with Gasteiger partial charge in [-0.25, -0.2) is 0 Å². The van der Waals surface area contributed by atoms with E-state index in [4.69, 9.17) is 18.9 Å². The molecule has 0 saturated carbocycles. The molecule has 0 aliphatic carbocycles. The number of carbonyl (C=O) groups is 2.